The van der Waals surface area contributed by atoms with E-state index in [1.54, 1.807) is 18.2 Å². The summed E-state index contributed by atoms with van der Waals surface area (Å²) in [5.74, 6) is 0.194. The Morgan fingerprint density at radius 3 is 2.63 bits per heavy atom. The summed E-state index contributed by atoms with van der Waals surface area (Å²) in [5, 5.41) is 18.0. The van der Waals surface area contributed by atoms with Gasteiger partial charge in [-0.05, 0) is 12.1 Å². The molecule has 1 heterocycles. The van der Waals surface area contributed by atoms with Gasteiger partial charge in [-0.2, -0.15) is 0 Å². The van der Waals surface area contributed by atoms with E-state index >= 15 is 0 Å². The van der Waals surface area contributed by atoms with E-state index in [2.05, 4.69) is 4.98 Å². The summed E-state index contributed by atoms with van der Waals surface area (Å²) in [6, 6.07) is 9.06. The van der Waals surface area contributed by atoms with Crippen molar-refractivity contribution in [3.8, 4) is 11.6 Å². The quantitative estimate of drug-likeness (QED) is 0.377. The Morgan fingerprint density at radius 1 is 1.32 bits per heavy atom. The van der Waals surface area contributed by atoms with E-state index in [-0.39, 0.29) is 23.2 Å². The molecule has 0 aliphatic rings. The highest BCUT2D eigenvalue weighted by Gasteiger charge is 2.14. The maximum Gasteiger partial charge on any atom is 0.311 e. The van der Waals surface area contributed by atoms with Gasteiger partial charge in [0.25, 0.3) is 0 Å². The minimum absolute atomic E-state index is 0.107. The van der Waals surface area contributed by atoms with Gasteiger partial charge in [0.15, 0.2) is 0 Å². The molecular formula is C12H10N4O3. The number of hydrogen-bond donors (Lipinski definition) is 2. The number of hydrogen-bond acceptors (Lipinski definition) is 5. The zero-order chi connectivity index (χ0) is 13.8. The molecular weight excluding hydrogens is 248 g/mol. The van der Waals surface area contributed by atoms with Crippen LogP contribution in [0.25, 0.3) is 0 Å². The first kappa shape index (κ1) is 12.5. The third-order valence-corrected chi connectivity index (χ3v) is 2.32. The number of nitrogens with two attached hydrogens (primary N) is 1. The lowest BCUT2D eigenvalue weighted by atomic mass is 10.2. The summed E-state index contributed by atoms with van der Waals surface area (Å²) in [4.78, 5) is 14.2. The monoisotopic (exact) mass is 258 g/mol. The largest absolute Gasteiger partial charge is 0.432 e. The van der Waals surface area contributed by atoms with Crippen molar-refractivity contribution < 1.29 is 9.66 Å². The van der Waals surface area contributed by atoms with Gasteiger partial charge in [-0.1, -0.05) is 12.1 Å². The normalized spacial score (nSPS) is 9.89. The molecule has 7 nitrogen and oxygen atoms in total. The summed E-state index contributed by atoms with van der Waals surface area (Å²) >= 11 is 0. The second-order valence-electron chi connectivity index (χ2n) is 3.63. The van der Waals surface area contributed by atoms with Gasteiger partial charge >= 0.3 is 5.69 Å². The molecule has 0 saturated heterocycles. The molecule has 0 amide bonds. The number of nitrogen functional groups attached to an aromatic ring is 1. The van der Waals surface area contributed by atoms with Crippen LogP contribution in [0.5, 0.6) is 11.6 Å². The number of nitrogens with one attached hydrogen (secondary N) is 1. The number of pyridine rings is 1. The number of para-hydroxylation sites is 2. The van der Waals surface area contributed by atoms with Crippen molar-refractivity contribution in [2.24, 2.45) is 5.73 Å². The number of nitro benzene ring substituents is 1. The molecule has 0 aliphatic heterocycles. The average Bonchev–Trinajstić information content (AvgIpc) is 2.39. The number of nitro groups is 1. The zero-order valence-electron chi connectivity index (χ0n) is 9.74. The Labute approximate surface area is 108 Å². The van der Waals surface area contributed by atoms with Gasteiger partial charge in [-0.15, -0.1) is 0 Å². The highest BCUT2D eigenvalue weighted by molar-refractivity contribution is 5.94. The van der Waals surface area contributed by atoms with Crippen molar-refractivity contribution >= 4 is 11.5 Å². The first-order valence-electron chi connectivity index (χ1n) is 5.29. The maximum absolute atomic E-state index is 10.8. The van der Waals surface area contributed by atoms with Crippen LogP contribution in [0.2, 0.25) is 0 Å². The fourth-order valence-electron chi connectivity index (χ4n) is 1.41. The van der Waals surface area contributed by atoms with Gasteiger partial charge in [-0.25, -0.2) is 4.98 Å². The van der Waals surface area contributed by atoms with Crippen LogP contribution in [-0.2, 0) is 0 Å². The number of ether oxygens (including phenoxy) is 1. The Morgan fingerprint density at radius 2 is 2.05 bits per heavy atom. The van der Waals surface area contributed by atoms with Gasteiger partial charge in [0.1, 0.15) is 5.84 Å². The van der Waals surface area contributed by atoms with E-state index in [1.165, 1.54) is 24.4 Å². The smallest absolute Gasteiger partial charge is 0.311 e. The fourth-order valence-corrected chi connectivity index (χ4v) is 1.41. The molecule has 7 heteroatoms. The molecule has 0 spiro atoms. The number of aromatic nitrogens is 1. The molecule has 0 saturated carbocycles. The van der Waals surface area contributed by atoms with Gasteiger partial charge in [-0.3, -0.25) is 15.5 Å². The lowest BCUT2D eigenvalue weighted by Crippen LogP contribution is -2.11. The molecule has 0 bridgehead atoms. The minimum Gasteiger partial charge on any atom is -0.432 e. The highest BCUT2D eigenvalue weighted by Crippen LogP contribution is 2.29. The Balaban J connectivity index is 2.26. The second kappa shape index (κ2) is 5.13. The molecule has 0 radical (unpaired) electrons. The molecule has 2 rings (SSSR count). The van der Waals surface area contributed by atoms with Crippen LogP contribution in [0.15, 0.2) is 42.6 Å². The number of rotatable bonds is 4. The van der Waals surface area contributed by atoms with E-state index in [0.29, 0.717) is 5.56 Å². The highest BCUT2D eigenvalue weighted by atomic mass is 16.6. The van der Waals surface area contributed by atoms with Crippen molar-refractivity contribution in [2.45, 2.75) is 0 Å². The second-order valence-corrected chi connectivity index (χ2v) is 3.63. The fraction of sp³-hybridized carbons (Fsp3) is 0. The lowest BCUT2D eigenvalue weighted by molar-refractivity contribution is -0.385. The van der Waals surface area contributed by atoms with E-state index in [0.717, 1.165) is 0 Å². The van der Waals surface area contributed by atoms with Gasteiger partial charge < -0.3 is 10.5 Å². The van der Waals surface area contributed by atoms with Gasteiger partial charge in [0.05, 0.1) is 4.92 Å². The first-order chi connectivity index (χ1) is 9.08. The molecule has 19 heavy (non-hydrogen) atoms. The lowest BCUT2D eigenvalue weighted by Gasteiger charge is -2.05. The molecule has 0 aliphatic carbocycles. The van der Waals surface area contributed by atoms with E-state index in [4.69, 9.17) is 15.9 Å². The van der Waals surface area contributed by atoms with Crippen molar-refractivity contribution in [1.29, 1.82) is 5.41 Å². The van der Waals surface area contributed by atoms with Crippen LogP contribution in [0, 0.1) is 15.5 Å². The van der Waals surface area contributed by atoms with Crippen molar-refractivity contribution in [3.63, 3.8) is 0 Å². The number of benzene rings is 1. The standard InChI is InChI=1S/C12H10N4O3/c13-12(14)8-5-6-11(15-7-8)19-10-4-2-1-3-9(10)16(17)18/h1-7H,(H3,13,14). The Bertz CT molecular complexity index is 625. The van der Waals surface area contributed by atoms with Crippen LogP contribution in [0.4, 0.5) is 5.69 Å². The molecule has 0 atom stereocenters. The van der Waals surface area contributed by atoms with Gasteiger partial charge in [0, 0.05) is 23.9 Å². The third-order valence-electron chi connectivity index (χ3n) is 2.32. The van der Waals surface area contributed by atoms with Crippen LogP contribution in [-0.4, -0.2) is 15.7 Å². The Hall–Kier alpha value is -2.96. The molecule has 2 aromatic rings. The Kier molecular flexibility index (Phi) is 3.37. The van der Waals surface area contributed by atoms with Crippen molar-refractivity contribution in [3.05, 3.63) is 58.3 Å². The number of nitrogens with zero attached hydrogens (tertiary/aromatic N) is 2. The summed E-state index contributed by atoms with van der Waals surface area (Å²) in [5.41, 5.74) is 5.61. The third kappa shape index (κ3) is 2.83. The van der Waals surface area contributed by atoms with Crippen LogP contribution in [0.3, 0.4) is 0 Å². The molecule has 96 valence electrons. The van der Waals surface area contributed by atoms with E-state index in [1.807, 2.05) is 0 Å². The van der Waals surface area contributed by atoms with E-state index < -0.39 is 4.92 Å². The number of amidine groups is 1. The predicted molar refractivity (Wildman–Crippen MR) is 68.4 cm³/mol. The van der Waals surface area contributed by atoms with Crippen LogP contribution < -0.4 is 10.5 Å². The van der Waals surface area contributed by atoms with Crippen molar-refractivity contribution in [2.75, 3.05) is 0 Å². The molecule has 1 aromatic heterocycles. The summed E-state index contributed by atoms with van der Waals surface area (Å²) < 4.78 is 5.34. The molecule has 3 N–H and O–H groups in total. The summed E-state index contributed by atoms with van der Waals surface area (Å²) in [6.45, 7) is 0. The molecule has 0 fully saturated rings. The SMILES string of the molecule is N=C(N)c1ccc(Oc2ccccc2[N+](=O)[O-])nc1. The average molecular weight is 258 g/mol. The minimum atomic E-state index is -0.529. The van der Waals surface area contributed by atoms with Crippen LogP contribution >= 0.6 is 0 Å². The predicted octanol–water partition coefficient (Wildman–Crippen LogP) is 2.07. The summed E-state index contributed by atoms with van der Waals surface area (Å²) in [6.07, 6.45) is 1.37. The molecule has 0 unspecified atom stereocenters. The zero-order valence-corrected chi connectivity index (χ0v) is 9.74. The topological polar surface area (TPSA) is 115 Å². The van der Waals surface area contributed by atoms with Gasteiger partial charge in [0.2, 0.25) is 11.6 Å². The summed E-state index contributed by atoms with van der Waals surface area (Å²) in [7, 11) is 0. The van der Waals surface area contributed by atoms with Crippen molar-refractivity contribution in [1.82, 2.24) is 4.98 Å². The van der Waals surface area contributed by atoms with Crippen LogP contribution in [0.1, 0.15) is 5.56 Å². The maximum atomic E-state index is 10.8. The van der Waals surface area contributed by atoms with E-state index in [9.17, 15) is 10.1 Å². The molecule has 1 aromatic carbocycles. The first-order valence-corrected chi connectivity index (χ1v) is 5.29.